The number of ether oxygens (including phenoxy) is 1. The number of rotatable bonds is 4. The van der Waals surface area contributed by atoms with Crippen molar-refractivity contribution in [2.75, 3.05) is 7.11 Å². The molecule has 0 saturated heterocycles. The predicted octanol–water partition coefficient (Wildman–Crippen LogP) is 3.15. The number of hydrogen-bond acceptors (Lipinski definition) is 3. The van der Waals surface area contributed by atoms with Gasteiger partial charge < -0.3 is 9.84 Å². The van der Waals surface area contributed by atoms with Gasteiger partial charge in [0.25, 0.3) is 0 Å². The Labute approximate surface area is 124 Å². The fourth-order valence-corrected chi connectivity index (χ4v) is 2.13. The van der Waals surface area contributed by atoms with E-state index in [4.69, 9.17) is 4.74 Å². The summed E-state index contributed by atoms with van der Waals surface area (Å²) in [7, 11) is 1.33. The maximum Gasteiger partial charge on any atom is 0.338 e. The van der Waals surface area contributed by atoms with Crippen molar-refractivity contribution in [1.29, 1.82) is 0 Å². The number of hydrogen-bond donors (Lipinski definition) is 1. The molecule has 0 aliphatic carbocycles. The number of esters is 1. The van der Waals surface area contributed by atoms with E-state index in [-0.39, 0.29) is 0 Å². The molecule has 0 heterocycles. The lowest BCUT2D eigenvalue weighted by Crippen LogP contribution is -2.20. The molecule has 0 aromatic heterocycles. The second kappa shape index (κ2) is 6.37. The first-order valence-corrected chi connectivity index (χ1v) is 6.69. The Kier molecular flexibility index (Phi) is 4.55. The Morgan fingerprint density at radius 1 is 1.05 bits per heavy atom. The Hall–Kier alpha value is -2.39. The second-order valence-electron chi connectivity index (χ2n) is 4.93. The molecular formula is C18H18O3. The zero-order chi connectivity index (χ0) is 15.3. The lowest BCUT2D eigenvalue weighted by Gasteiger charge is -2.21. The Morgan fingerprint density at radius 2 is 1.57 bits per heavy atom. The van der Waals surface area contributed by atoms with Gasteiger partial charge in [0.05, 0.1) is 12.7 Å². The van der Waals surface area contributed by atoms with Gasteiger partial charge in [0.15, 0.2) is 0 Å². The lowest BCUT2D eigenvalue weighted by molar-refractivity contribution is -0.133. The van der Waals surface area contributed by atoms with Crippen LogP contribution in [0.15, 0.2) is 66.7 Å². The number of carbonyl (C=O) groups excluding carboxylic acids is 1. The minimum absolute atomic E-state index is 0.340. The van der Waals surface area contributed by atoms with Crippen LogP contribution in [0.3, 0.4) is 0 Å². The quantitative estimate of drug-likeness (QED) is 0.692. The Bertz CT molecular complexity index is 628. The van der Waals surface area contributed by atoms with Gasteiger partial charge in [-0.05, 0) is 24.1 Å². The van der Waals surface area contributed by atoms with Gasteiger partial charge in [-0.15, -0.1) is 0 Å². The summed E-state index contributed by atoms with van der Waals surface area (Å²) in [6, 6.07) is 18.4. The summed E-state index contributed by atoms with van der Waals surface area (Å²) in [4.78, 5) is 12.0. The molecule has 1 N–H and O–H groups in total. The van der Waals surface area contributed by atoms with Crippen molar-refractivity contribution in [3.05, 3.63) is 77.9 Å². The molecule has 0 bridgehead atoms. The molecule has 1 atom stereocenters. The van der Waals surface area contributed by atoms with Crippen LogP contribution < -0.4 is 0 Å². The van der Waals surface area contributed by atoms with E-state index in [1.54, 1.807) is 6.92 Å². The monoisotopic (exact) mass is 282 g/mol. The molecule has 0 spiro atoms. The van der Waals surface area contributed by atoms with E-state index in [0.29, 0.717) is 16.7 Å². The normalized spacial score (nSPS) is 14.3. The average molecular weight is 282 g/mol. The van der Waals surface area contributed by atoms with Gasteiger partial charge in [0.1, 0.15) is 5.60 Å². The van der Waals surface area contributed by atoms with E-state index in [0.717, 1.165) is 0 Å². The molecule has 0 aliphatic rings. The zero-order valence-corrected chi connectivity index (χ0v) is 12.1. The van der Waals surface area contributed by atoms with Crippen molar-refractivity contribution in [3.63, 3.8) is 0 Å². The molecule has 2 aromatic rings. The summed E-state index contributed by atoms with van der Waals surface area (Å²) in [5.74, 6) is -0.475. The first-order valence-electron chi connectivity index (χ1n) is 6.69. The van der Waals surface area contributed by atoms with Gasteiger partial charge in [-0.25, -0.2) is 4.79 Å². The van der Waals surface area contributed by atoms with Crippen molar-refractivity contribution in [3.8, 4) is 0 Å². The molecular weight excluding hydrogens is 264 g/mol. The largest absolute Gasteiger partial charge is 0.465 e. The van der Waals surface area contributed by atoms with Crippen molar-refractivity contribution in [1.82, 2.24) is 0 Å². The molecule has 0 saturated carbocycles. The van der Waals surface area contributed by atoms with Crippen LogP contribution in [0.25, 0.3) is 5.57 Å². The molecule has 2 rings (SSSR count). The van der Waals surface area contributed by atoms with Gasteiger partial charge in [-0.1, -0.05) is 60.7 Å². The Morgan fingerprint density at radius 3 is 2.10 bits per heavy atom. The zero-order valence-electron chi connectivity index (χ0n) is 12.1. The third-order valence-corrected chi connectivity index (χ3v) is 3.27. The van der Waals surface area contributed by atoms with Crippen LogP contribution >= 0.6 is 0 Å². The molecule has 0 fully saturated rings. The molecule has 0 aliphatic heterocycles. The minimum atomic E-state index is -1.26. The Balaban J connectivity index is 2.48. The molecule has 0 amide bonds. The summed E-state index contributed by atoms with van der Waals surface area (Å²) in [6.45, 7) is 1.65. The third-order valence-electron chi connectivity index (χ3n) is 3.27. The molecule has 3 nitrogen and oxygen atoms in total. The molecule has 21 heavy (non-hydrogen) atoms. The highest BCUT2D eigenvalue weighted by atomic mass is 16.5. The van der Waals surface area contributed by atoms with Gasteiger partial charge in [0.2, 0.25) is 0 Å². The molecule has 2 aromatic carbocycles. The summed E-state index contributed by atoms with van der Waals surface area (Å²) in [5, 5.41) is 10.7. The van der Waals surface area contributed by atoms with Gasteiger partial charge in [-0.2, -0.15) is 0 Å². The molecule has 0 radical (unpaired) electrons. The smallest absolute Gasteiger partial charge is 0.338 e. The van der Waals surface area contributed by atoms with Gasteiger partial charge >= 0.3 is 5.97 Å². The lowest BCUT2D eigenvalue weighted by atomic mass is 9.91. The average Bonchev–Trinajstić information content (AvgIpc) is 2.53. The maximum absolute atomic E-state index is 12.0. The number of carbonyl (C=O) groups is 1. The van der Waals surface area contributed by atoms with Crippen LogP contribution in [0.5, 0.6) is 0 Å². The van der Waals surface area contributed by atoms with Crippen LogP contribution in [-0.2, 0) is 15.1 Å². The fraction of sp³-hybridized carbons (Fsp3) is 0.167. The highest BCUT2D eigenvalue weighted by Crippen LogP contribution is 2.27. The van der Waals surface area contributed by atoms with Crippen LogP contribution in [-0.4, -0.2) is 18.2 Å². The summed E-state index contributed by atoms with van der Waals surface area (Å²) in [5.41, 5.74) is 0.496. The van der Waals surface area contributed by atoms with Gasteiger partial charge in [0, 0.05) is 0 Å². The highest BCUT2D eigenvalue weighted by Gasteiger charge is 2.24. The molecule has 3 heteroatoms. The van der Waals surface area contributed by atoms with E-state index in [9.17, 15) is 9.90 Å². The summed E-state index contributed by atoms with van der Waals surface area (Å²) in [6.07, 6.45) is 1.53. The van der Waals surface area contributed by atoms with Crippen molar-refractivity contribution in [2.45, 2.75) is 12.5 Å². The van der Waals surface area contributed by atoms with Crippen molar-refractivity contribution < 1.29 is 14.6 Å². The van der Waals surface area contributed by atoms with E-state index < -0.39 is 11.6 Å². The maximum atomic E-state index is 12.0. The number of benzene rings is 2. The van der Waals surface area contributed by atoms with E-state index >= 15 is 0 Å². The fourth-order valence-electron chi connectivity index (χ4n) is 2.13. The van der Waals surface area contributed by atoms with Crippen LogP contribution in [0.4, 0.5) is 0 Å². The number of methoxy groups -OCH3 is 1. The predicted molar refractivity (Wildman–Crippen MR) is 82.4 cm³/mol. The topological polar surface area (TPSA) is 46.5 Å². The van der Waals surface area contributed by atoms with Crippen molar-refractivity contribution >= 4 is 11.5 Å². The minimum Gasteiger partial charge on any atom is -0.465 e. The van der Waals surface area contributed by atoms with Gasteiger partial charge in [-0.3, -0.25) is 0 Å². The van der Waals surface area contributed by atoms with Crippen LogP contribution in [0.2, 0.25) is 0 Å². The summed E-state index contributed by atoms with van der Waals surface area (Å²) < 4.78 is 4.83. The van der Waals surface area contributed by atoms with Crippen molar-refractivity contribution in [2.24, 2.45) is 0 Å². The van der Waals surface area contributed by atoms with E-state index in [1.807, 2.05) is 60.7 Å². The first kappa shape index (κ1) is 15.0. The SMILES string of the molecule is COC(=O)/C(=C/[C@](C)(O)c1ccccc1)c1ccccc1. The second-order valence-corrected chi connectivity index (χ2v) is 4.93. The van der Waals surface area contributed by atoms with Crippen LogP contribution in [0, 0.1) is 0 Å². The third kappa shape index (κ3) is 3.58. The summed E-state index contributed by atoms with van der Waals surface area (Å²) >= 11 is 0. The van der Waals surface area contributed by atoms with E-state index in [1.165, 1.54) is 13.2 Å². The standard InChI is InChI=1S/C18H18O3/c1-18(20,15-11-7-4-8-12-15)13-16(17(19)21-2)14-9-5-3-6-10-14/h3-13,20H,1-2H3/b16-13+/t18-/m0/s1. The first-order chi connectivity index (χ1) is 10.0. The molecule has 108 valence electrons. The highest BCUT2D eigenvalue weighted by molar-refractivity contribution is 6.16. The number of aliphatic hydroxyl groups is 1. The van der Waals surface area contributed by atoms with E-state index in [2.05, 4.69) is 0 Å². The molecule has 0 unspecified atom stereocenters. The van der Waals surface area contributed by atoms with Crippen LogP contribution in [0.1, 0.15) is 18.1 Å².